The molecule has 0 saturated heterocycles. The molecule has 0 atom stereocenters. The minimum atomic E-state index is 0.116. The molecule has 0 spiro atoms. The molecule has 0 aromatic carbocycles. The second-order valence-corrected chi connectivity index (χ2v) is 2.71. The van der Waals surface area contributed by atoms with Gasteiger partial charge >= 0.3 is 0 Å². The van der Waals surface area contributed by atoms with Crippen molar-refractivity contribution < 1.29 is 4.79 Å². The second kappa shape index (κ2) is 5.53. The molecule has 0 bridgehead atoms. The molecule has 0 aliphatic carbocycles. The van der Waals surface area contributed by atoms with Crippen LogP contribution in [0.4, 0.5) is 0 Å². The normalized spacial score (nSPS) is 12.9. The van der Waals surface area contributed by atoms with Crippen LogP contribution in [0.2, 0.25) is 0 Å². The minimum absolute atomic E-state index is 0.116. The quantitative estimate of drug-likeness (QED) is 0.461. The van der Waals surface area contributed by atoms with E-state index in [0.717, 1.165) is 17.6 Å². The summed E-state index contributed by atoms with van der Waals surface area (Å²) in [6.07, 6.45) is 6.53. The maximum absolute atomic E-state index is 10.8. The van der Waals surface area contributed by atoms with E-state index in [1.807, 2.05) is 25.2 Å². The minimum Gasteiger partial charge on any atom is -0.295 e. The number of Topliss-reactive ketones (excluding diaryl/α,β-unsaturated/α-hetero) is 1. The molecule has 0 aromatic heterocycles. The van der Waals surface area contributed by atoms with Gasteiger partial charge in [0, 0.05) is 0 Å². The van der Waals surface area contributed by atoms with Crippen LogP contribution in [0.3, 0.4) is 0 Å². The summed E-state index contributed by atoms with van der Waals surface area (Å²) in [6.45, 7) is 9.12. The zero-order valence-electron chi connectivity index (χ0n) is 8.05. The van der Waals surface area contributed by atoms with E-state index in [2.05, 4.69) is 13.5 Å². The summed E-state index contributed by atoms with van der Waals surface area (Å²) in [5.41, 5.74) is 1.93. The van der Waals surface area contributed by atoms with E-state index >= 15 is 0 Å². The van der Waals surface area contributed by atoms with Gasteiger partial charge in [0.05, 0.1) is 0 Å². The summed E-state index contributed by atoms with van der Waals surface area (Å²) in [5, 5.41) is 0. The lowest BCUT2D eigenvalue weighted by Gasteiger charge is -1.93. The molecule has 0 saturated carbocycles. The molecule has 0 N–H and O–H groups in total. The second-order valence-electron chi connectivity index (χ2n) is 2.71. The van der Waals surface area contributed by atoms with E-state index < -0.39 is 0 Å². The van der Waals surface area contributed by atoms with Crippen LogP contribution in [0, 0.1) is 0 Å². The molecule has 0 radical (unpaired) electrons. The van der Waals surface area contributed by atoms with Gasteiger partial charge in [0.1, 0.15) is 0 Å². The Hall–Kier alpha value is -1.11. The molecular formula is C11H16O. The average Bonchev–Trinajstić information content (AvgIpc) is 2.05. The van der Waals surface area contributed by atoms with Crippen molar-refractivity contribution in [1.29, 1.82) is 0 Å². The molecular weight excluding hydrogens is 148 g/mol. The van der Waals surface area contributed by atoms with Crippen LogP contribution in [0.5, 0.6) is 0 Å². The number of hydrogen-bond donors (Lipinski definition) is 0. The maximum atomic E-state index is 10.8. The highest BCUT2D eigenvalue weighted by Gasteiger charge is 1.92. The van der Waals surface area contributed by atoms with Crippen LogP contribution in [-0.4, -0.2) is 5.78 Å². The highest BCUT2D eigenvalue weighted by molar-refractivity contribution is 5.92. The van der Waals surface area contributed by atoms with Crippen molar-refractivity contribution in [2.75, 3.05) is 0 Å². The summed E-state index contributed by atoms with van der Waals surface area (Å²) in [6, 6.07) is 0. The third kappa shape index (κ3) is 3.91. The molecule has 0 fully saturated rings. The Morgan fingerprint density at radius 3 is 2.25 bits per heavy atom. The summed E-state index contributed by atoms with van der Waals surface area (Å²) < 4.78 is 0. The van der Waals surface area contributed by atoms with Crippen molar-refractivity contribution in [3.8, 4) is 0 Å². The van der Waals surface area contributed by atoms with Crippen LogP contribution in [0.1, 0.15) is 27.2 Å². The molecule has 0 aliphatic heterocycles. The molecule has 0 heterocycles. The zero-order valence-corrected chi connectivity index (χ0v) is 8.05. The van der Waals surface area contributed by atoms with Gasteiger partial charge in [0.2, 0.25) is 0 Å². The van der Waals surface area contributed by atoms with Crippen molar-refractivity contribution in [3.05, 3.63) is 36.0 Å². The van der Waals surface area contributed by atoms with Crippen LogP contribution in [0.15, 0.2) is 36.0 Å². The largest absolute Gasteiger partial charge is 0.295 e. The lowest BCUT2D eigenvalue weighted by Crippen LogP contribution is -1.89. The van der Waals surface area contributed by atoms with Crippen LogP contribution in [-0.2, 0) is 4.79 Å². The number of allylic oxidation sites excluding steroid dienone is 5. The van der Waals surface area contributed by atoms with Gasteiger partial charge in [-0.25, -0.2) is 0 Å². The van der Waals surface area contributed by atoms with E-state index in [-0.39, 0.29) is 5.78 Å². The van der Waals surface area contributed by atoms with E-state index in [4.69, 9.17) is 0 Å². The predicted octanol–water partition coefficient (Wildman–Crippen LogP) is 3.04. The lowest BCUT2D eigenvalue weighted by atomic mass is 10.1. The number of hydrogen-bond acceptors (Lipinski definition) is 1. The summed E-state index contributed by atoms with van der Waals surface area (Å²) >= 11 is 0. The zero-order chi connectivity index (χ0) is 9.56. The third-order valence-corrected chi connectivity index (χ3v) is 1.77. The third-order valence-electron chi connectivity index (χ3n) is 1.77. The van der Waals surface area contributed by atoms with Crippen molar-refractivity contribution in [2.24, 2.45) is 0 Å². The fourth-order valence-electron chi connectivity index (χ4n) is 0.680. The number of rotatable bonds is 4. The van der Waals surface area contributed by atoms with E-state index in [9.17, 15) is 4.79 Å². The maximum Gasteiger partial charge on any atom is 0.155 e. The Morgan fingerprint density at radius 2 is 1.92 bits per heavy atom. The van der Waals surface area contributed by atoms with Gasteiger partial charge < -0.3 is 0 Å². The van der Waals surface area contributed by atoms with Crippen molar-refractivity contribution in [1.82, 2.24) is 0 Å². The van der Waals surface area contributed by atoms with Crippen molar-refractivity contribution >= 4 is 5.78 Å². The highest BCUT2D eigenvalue weighted by Crippen LogP contribution is 2.03. The van der Waals surface area contributed by atoms with E-state index in [1.54, 1.807) is 6.92 Å². The van der Waals surface area contributed by atoms with Gasteiger partial charge in [-0.1, -0.05) is 31.7 Å². The molecule has 66 valence electrons. The Bertz CT molecular complexity index is 225. The molecule has 1 heteroatoms. The standard InChI is InChI=1S/C11H16O/c1-5-11(6-2)8-7-9(3)10(4)12/h5,7-8H,1,6H2,2-4H3/b9-7+,11-8+. The molecule has 0 amide bonds. The van der Waals surface area contributed by atoms with Gasteiger partial charge in [-0.05, 0) is 31.4 Å². The first kappa shape index (κ1) is 10.9. The van der Waals surface area contributed by atoms with Crippen molar-refractivity contribution in [2.45, 2.75) is 27.2 Å². The summed E-state index contributed by atoms with van der Waals surface area (Å²) in [7, 11) is 0. The summed E-state index contributed by atoms with van der Waals surface area (Å²) in [5.74, 6) is 0.116. The van der Waals surface area contributed by atoms with E-state index in [0.29, 0.717) is 0 Å². The Balaban J connectivity index is 4.44. The smallest absolute Gasteiger partial charge is 0.155 e. The average molecular weight is 164 g/mol. The fraction of sp³-hybridized carbons (Fsp3) is 0.364. The Morgan fingerprint density at radius 1 is 1.33 bits per heavy atom. The van der Waals surface area contributed by atoms with Crippen LogP contribution in [0.25, 0.3) is 0 Å². The fourth-order valence-corrected chi connectivity index (χ4v) is 0.680. The first-order valence-electron chi connectivity index (χ1n) is 4.12. The van der Waals surface area contributed by atoms with Crippen molar-refractivity contribution in [3.63, 3.8) is 0 Å². The van der Waals surface area contributed by atoms with Crippen LogP contribution >= 0.6 is 0 Å². The predicted molar refractivity (Wildman–Crippen MR) is 53.0 cm³/mol. The molecule has 1 nitrogen and oxygen atoms in total. The monoisotopic (exact) mass is 164 g/mol. The number of carbonyl (C=O) groups excluding carboxylic acids is 1. The number of carbonyl (C=O) groups is 1. The highest BCUT2D eigenvalue weighted by atomic mass is 16.1. The first-order valence-corrected chi connectivity index (χ1v) is 4.12. The molecule has 0 rings (SSSR count). The Labute approximate surface area is 74.5 Å². The molecule has 12 heavy (non-hydrogen) atoms. The van der Waals surface area contributed by atoms with Gasteiger partial charge in [-0.3, -0.25) is 4.79 Å². The summed E-state index contributed by atoms with van der Waals surface area (Å²) in [4.78, 5) is 10.8. The molecule has 0 aliphatic rings. The molecule has 0 unspecified atom stereocenters. The van der Waals surface area contributed by atoms with Gasteiger partial charge in [0.15, 0.2) is 5.78 Å². The van der Waals surface area contributed by atoms with E-state index in [1.165, 1.54) is 0 Å². The van der Waals surface area contributed by atoms with Crippen LogP contribution < -0.4 is 0 Å². The Kier molecular flexibility index (Phi) is 5.02. The topological polar surface area (TPSA) is 17.1 Å². The first-order chi connectivity index (χ1) is 5.61. The lowest BCUT2D eigenvalue weighted by molar-refractivity contribution is -0.113. The van der Waals surface area contributed by atoms with Gasteiger partial charge in [-0.2, -0.15) is 0 Å². The molecule has 0 aromatic rings. The number of ketones is 1. The van der Waals surface area contributed by atoms with Gasteiger partial charge in [0.25, 0.3) is 0 Å². The van der Waals surface area contributed by atoms with Gasteiger partial charge in [-0.15, -0.1) is 0 Å². The SMILES string of the molecule is C=C/C(=C\C=C(/C)C(C)=O)CC.